The minimum absolute atomic E-state index is 0.195. The van der Waals surface area contributed by atoms with Crippen LogP contribution in [0.25, 0.3) is 0 Å². The number of carbonyl (C=O) groups is 1. The van der Waals surface area contributed by atoms with Crippen LogP contribution in [0.5, 0.6) is 0 Å². The number of rotatable bonds is 9. The number of unbranched alkanes of at least 4 members (excludes halogenated alkanes) is 2. The van der Waals surface area contributed by atoms with Crippen LogP contribution in [0, 0.1) is 0 Å². The van der Waals surface area contributed by atoms with Gasteiger partial charge in [-0.1, -0.05) is 13.3 Å². The fraction of sp³-hybridized carbons (Fsp3) is 0.909. The SMILES string of the molecule is CCCS(=O)(=O)CCCCCC(=O)OCC. The van der Waals surface area contributed by atoms with Crippen molar-refractivity contribution in [1.82, 2.24) is 0 Å². The summed E-state index contributed by atoms with van der Waals surface area (Å²) >= 11 is 0. The van der Waals surface area contributed by atoms with E-state index in [0.29, 0.717) is 32.3 Å². The van der Waals surface area contributed by atoms with Crippen LogP contribution < -0.4 is 0 Å². The van der Waals surface area contributed by atoms with Gasteiger partial charge in [-0.2, -0.15) is 0 Å². The Morgan fingerprint density at radius 3 is 2.31 bits per heavy atom. The molecule has 96 valence electrons. The normalized spacial score (nSPS) is 11.4. The standard InChI is InChI=1S/C11H22O4S/c1-3-9-16(13,14)10-7-5-6-8-11(12)15-4-2/h3-10H2,1-2H3. The first kappa shape index (κ1) is 15.4. The average molecular weight is 250 g/mol. The molecule has 0 heterocycles. The predicted molar refractivity (Wildman–Crippen MR) is 64.0 cm³/mol. The van der Waals surface area contributed by atoms with E-state index in [0.717, 1.165) is 6.42 Å². The number of hydrogen-bond donors (Lipinski definition) is 0. The molecule has 16 heavy (non-hydrogen) atoms. The van der Waals surface area contributed by atoms with Crippen molar-refractivity contribution >= 4 is 15.8 Å². The maximum Gasteiger partial charge on any atom is 0.305 e. The third-order valence-corrected chi connectivity index (χ3v) is 4.10. The van der Waals surface area contributed by atoms with Gasteiger partial charge in [0.15, 0.2) is 0 Å². The molecule has 0 aliphatic carbocycles. The summed E-state index contributed by atoms with van der Waals surface area (Å²) in [6.45, 7) is 4.04. The monoisotopic (exact) mass is 250 g/mol. The maximum absolute atomic E-state index is 11.3. The molecule has 0 saturated heterocycles. The van der Waals surface area contributed by atoms with Gasteiger partial charge in [0.05, 0.1) is 12.4 Å². The molecule has 0 aromatic heterocycles. The van der Waals surface area contributed by atoms with Crippen molar-refractivity contribution < 1.29 is 17.9 Å². The predicted octanol–water partition coefficient (Wildman–Crippen LogP) is 1.93. The highest BCUT2D eigenvalue weighted by Crippen LogP contribution is 2.05. The molecular formula is C11H22O4S. The van der Waals surface area contributed by atoms with Crippen LogP contribution in [0.2, 0.25) is 0 Å². The molecule has 0 aliphatic rings. The molecular weight excluding hydrogens is 228 g/mol. The van der Waals surface area contributed by atoms with Crippen LogP contribution in [-0.4, -0.2) is 32.5 Å². The summed E-state index contributed by atoms with van der Waals surface area (Å²) in [7, 11) is -2.86. The molecule has 0 atom stereocenters. The van der Waals surface area contributed by atoms with Crippen molar-refractivity contribution in [2.45, 2.75) is 46.0 Å². The van der Waals surface area contributed by atoms with Crippen LogP contribution in [0.15, 0.2) is 0 Å². The topological polar surface area (TPSA) is 60.4 Å². The molecule has 5 heteroatoms. The number of esters is 1. The summed E-state index contributed by atoms with van der Waals surface area (Å²) in [5, 5.41) is 0. The van der Waals surface area contributed by atoms with Gasteiger partial charge in [-0.3, -0.25) is 4.79 Å². The Hall–Kier alpha value is -0.580. The Kier molecular flexibility index (Phi) is 8.25. The summed E-state index contributed by atoms with van der Waals surface area (Å²) in [5.41, 5.74) is 0. The summed E-state index contributed by atoms with van der Waals surface area (Å²) < 4.78 is 27.4. The van der Waals surface area contributed by atoms with Crippen LogP contribution >= 0.6 is 0 Å². The van der Waals surface area contributed by atoms with Gasteiger partial charge in [-0.05, 0) is 26.2 Å². The van der Waals surface area contributed by atoms with Crippen molar-refractivity contribution in [3.05, 3.63) is 0 Å². The molecule has 0 spiro atoms. The average Bonchev–Trinajstić information content (AvgIpc) is 2.17. The van der Waals surface area contributed by atoms with Crippen LogP contribution in [0.4, 0.5) is 0 Å². The van der Waals surface area contributed by atoms with E-state index in [2.05, 4.69) is 0 Å². The lowest BCUT2D eigenvalue weighted by Crippen LogP contribution is -2.10. The summed E-state index contributed by atoms with van der Waals surface area (Å²) in [5.74, 6) is 0.313. The Labute approximate surface area is 98.3 Å². The lowest BCUT2D eigenvalue weighted by Gasteiger charge is -2.03. The first-order valence-electron chi connectivity index (χ1n) is 5.88. The van der Waals surface area contributed by atoms with Crippen LogP contribution in [0.3, 0.4) is 0 Å². The largest absolute Gasteiger partial charge is 0.466 e. The number of ether oxygens (including phenoxy) is 1. The van der Waals surface area contributed by atoms with Gasteiger partial charge < -0.3 is 4.74 Å². The van der Waals surface area contributed by atoms with Gasteiger partial charge in [-0.25, -0.2) is 8.42 Å². The molecule has 4 nitrogen and oxygen atoms in total. The second kappa shape index (κ2) is 8.56. The number of carbonyl (C=O) groups excluding carboxylic acids is 1. The zero-order valence-corrected chi connectivity index (χ0v) is 11.0. The number of sulfone groups is 1. The zero-order chi connectivity index (χ0) is 12.4. The van der Waals surface area contributed by atoms with E-state index in [9.17, 15) is 13.2 Å². The van der Waals surface area contributed by atoms with Gasteiger partial charge >= 0.3 is 5.97 Å². The van der Waals surface area contributed by atoms with E-state index in [1.807, 2.05) is 6.92 Å². The van der Waals surface area contributed by atoms with E-state index in [-0.39, 0.29) is 17.5 Å². The zero-order valence-electron chi connectivity index (χ0n) is 10.2. The van der Waals surface area contributed by atoms with Gasteiger partial charge in [0.2, 0.25) is 0 Å². The van der Waals surface area contributed by atoms with E-state index in [4.69, 9.17) is 4.74 Å². The fourth-order valence-electron chi connectivity index (χ4n) is 1.41. The van der Waals surface area contributed by atoms with E-state index in [1.54, 1.807) is 6.92 Å². The van der Waals surface area contributed by atoms with Crippen molar-refractivity contribution in [3.63, 3.8) is 0 Å². The van der Waals surface area contributed by atoms with Crippen molar-refractivity contribution in [3.8, 4) is 0 Å². The molecule has 0 aromatic rings. The Balaban J connectivity index is 3.50. The first-order chi connectivity index (χ1) is 7.52. The summed E-state index contributed by atoms with van der Waals surface area (Å²) in [6.07, 6.45) is 3.18. The molecule has 0 saturated carbocycles. The molecule has 0 rings (SSSR count). The summed E-state index contributed by atoms with van der Waals surface area (Å²) in [4.78, 5) is 11.0. The third-order valence-electron chi connectivity index (χ3n) is 2.16. The molecule has 0 N–H and O–H groups in total. The molecule has 0 radical (unpaired) electrons. The lowest BCUT2D eigenvalue weighted by molar-refractivity contribution is -0.143. The van der Waals surface area contributed by atoms with Gasteiger partial charge in [0.1, 0.15) is 9.84 Å². The van der Waals surface area contributed by atoms with Gasteiger partial charge in [-0.15, -0.1) is 0 Å². The van der Waals surface area contributed by atoms with E-state index >= 15 is 0 Å². The number of hydrogen-bond acceptors (Lipinski definition) is 4. The minimum Gasteiger partial charge on any atom is -0.466 e. The molecule has 0 aromatic carbocycles. The highest BCUT2D eigenvalue weighted by Gasteiger charge is 2.08. The van der Waals surface area contributed by atoms with Crippen molar-refractivity contribution in [2.75, 3.05) is 18.1 Å². The van der Waals surface area contributed by atoms with Crippen molar-refractivity contribution in [1.29, 1.82) is 0 Å². The third kappa shape index (κ3) is 8.71. The molecule has 0 unspecified atom stereocenters. The van der Waals surface area contributed by atoms with Crippen LogP contribution in [-0.2, 0) is 19.4 Å². The minimum atomic E-state index is -2.86. The highest BCUT2D eigenvalue weighted by atomic mass is 32.2. The second-order valence-corrected chi connectivity index (χ2v) is 6.07. The van der Waals surface area contributed by atoms with E-state index < -0.39 is 9.84 Å². The molecule has 0 bridgehead atoms. The highest BCUT2D eigenvalue weighted by molar-refractivity contribution is 7.91. The lowest BCUT2D eigenvalue weighted by atomic mass is 10.2. The maximum atomic E-state index is 11.3. The van der Waals surface area contributed by atoms with E-state index in [1.165, 1.54) is 0 Å². The Morgan fingerprint density at radius 2 is 1.75 bits per heavy atom. The Morgan fingerprint density at radius 1 is 1.06 bits per heavy atom. The molecule has 0 amide bonds. The smallest absolute Gasteiger partial charge is 0.305 e. The first-order valence-corrected chi connectivity index (χ1v) is 7.70. The quantitative estimate of drug-likeness (QED) is 0.463. The fourth-order valence-corrected chi connectivity index (χ4v) is 2.88. The van der Waals surface area contributed by atoms with Crippen LogP contribution in [0.1, 0.15) is 46.0 Å². The Bertz CT molecular complexity index is 282. The molecule has 0 aliphatic heterocycles. The van der Waals surface area contributed by atoms with Gasteiger partial charge in [0.25, 0.3) is 0 Å². The summed E-state index contributed by atoms with van der Waals surface area (Å²) in [6, 6.07) is 0. The van der Waals surface area contributed by atoms with Gasteiger partial charge in [0, 0.05) is 12.2 Å². The van der Waals surface area contributed by atoms with Crippen molar-refractivity contribution in [2.24, 2.45) is 0 Å². The second-order valence-electron chi connectivity index (χ2n) is 3.77. The molecule has 0 fully saturated rings.